The zero-order chi connectivity index (χ0) is 34.9. The normalized spacial score (nSPS) is 11.8. The Morgan fingerprint density at radius 1 is 0.358 bits per heavy atom. The number of rotatable bonds is 5. The van der Waals surface area contributed by atoms with Gasteiger partial charge in [-0.3, -0.25) is 0 Å². The first-order chi connectivity index (χ1) is 26.3. The van der Waals surface area contributed by atoms with Crippen molar-refractivity contribution in [1.82, 2.24) is 4.57 Å². The lowest BCUT2D eigenvalue weighted by atomic mass is 9.98. The Hall–Kier alpha value is -7.10. The molecule has 0 aliphatic heterocycles. The first-order valence-corrected chi connectivity index (χ1v) is 18.1. The maximum atomic E-state index is 6.37. The van der Waals surface area contributed by atoms with Crippen molar-refractivity contribution < 1.29 is 4.42 Å². The van der Waals surface area contributed by atoms with Crippen LogP contribution in [0.15, 0.2) is 199 Å². The van der Waals surface area contributed by atoms with Gasteiger partial charge in [-0.15, -0.1) is 0 Å². The molecule has 3 nitrogen and oxygen atoms in total. The fourth-order valence-corrected chi connectivity index (χ4v) is 8.32. The third-order valence-corrected chi connectivity index (χ3v) is 10.8. The molecule has 0 unspecified atom stereocenters. The van der Waals surface area contributed by atoms with Crippen LogP contribution in [-0.4, -0.2) is 4.57 Å². The Balaban J connectivity index is 1.14. The molecule has 0 amide bonds. The third-order valence-electron chi connectivity index (χ3n) is 10.8. The molecule has 2 heterocycles. The fraction of sp³-hybridized carbons (Fsp3) is 0. The minimum absolute atomic E-state index is 0.906. The predicted octanol–water partition coefficient (Wildman–Crippen LogP) is 14.1. The van der Waals surface area contributed by atoms with Gasteiger partial charge in [0.15, 0.2) is 0 Å². The summed E-state index contributed by atoms with van der Waals surface area (Å²) in [7, 11) is 0. The minimum atomic E-state index is 0.906. The van der Waals surface area contributed by atoms with Crippen LogP contribution in [-0.2, 0) is 0 Å². The van der Waals surface area contributed by atoms with Crippen LogP contribution >= 0.6 is 0 Å². The fourth-order valence-electron chi connectivity index (χ4n) is 8.32. The molecule has 0 bridgehead atoms. The molecule has 11 rings (SSSR count). The lowest BCUT2D eigenvalue weighted by molar-refractivity contribution is 0.669. The highest BCUT2D eigenvalue weighted by Gasteiger charge is 2.19. The zero-order valence-electron chi connectivity index (χ0n) is 28.8. The van der Waals surface area contributed by atoms with E-state index in [0.717, 1.165) is 44.7 Å². The topological polar surface area (TPSA) is 21.3 Å². The number of furan rings is 1. The highest BCUT2D eigenvalue weighted by Crippen LogP contribution is 2.43. The van der Waals surface area contributed by atoms with E-state index >= 15 is 0 Å². The van der Waals surface area contributed by atoms with E-state index in [1.165, 1.54) is 54.5 Å². The van der Waals surface area contributed by atoms with E-state index in [2.05, 4.69) is 191 Å². The molecule has 0 aliphatic rings. The largest absolute Gasteiger partial charge is 0.456 e. The van der Waals surface area contributed by atoms with Gasteiger partial charge in [0.1, 0.15) is 11.2 Å². The van der Waals surface area contributed by atoms with Crippen molar-refractivity contribution >= 4 is 82.4 Å². The SMILES string of the molecule is c1ccc(-c2ccc(N(c3cccc(-n4c5ccccc5c5ccccc54)c3)c3cccc4c3ccc3cc5c(cc34)oc3ccccc35)cc2)cc1. The van der Waals surface area contributed by atoms with Crippen LogP contribution in [0.5, 0.6) is 0 Å². The van der Waals surface area contributed by atoms with Gasteiger partial charge in [-0.25, -0.2) is 0 Å². The quantitative estimate of drug-likeness (QED) is 0.169. The van der Waals surface area contributed by atoms with Crippen LogP contribution in [0.25, 0.3) is 82.1 Å². The van der Waals surface area contributed by atoms with Gasteiger partial charge in [0.2, 0.25) is 0 Å². The lowest BCUT2D eigenvalue weighted by Crippen LogP contribution is -2.11. The predicted molar refractivity (Wildman–Crippen MR) is 223 cm³/mol. The molecule has 0 spiro atoms. The number of aromatic nitrogens is 1. The number of benzene rings is 9. The average Bonchev–Trinajstić information content (AvgIpc) is 3.76. The maximum absolute atomic E-state index is 6.37. The highest BCUT2D eigenvalue weighted by atomic mass is 16.3. The number of para-hydroxylation sites is 3. The minimum Gasteiger partial charge on any atom is -0.456 e. The van der Waals surface area contributed by atoms with E-state index in [4.69, 9.17) is 4.42 Å². The zero-order valence-corrected chi connectivity index (χ0v) is 28.8. The monoisotopic (exact) mass is 676 g/mol. The third kappa shape index (κ3) is 4.68. The van der Waals surface area contributed by atoms with E-state index in [0.29, 0.717) is 0 Å². The summed E-state index contributed by atoms with van der Waals surface area (Å²) >= 11 is 0. The van der Waals surface area contributed by atoms with E-state index in [-0.39, 0.29) is 0 Å². The van der Waals surface area contributed by atoms with Gasteiger partial charge >= 0.3 is 0 Å². The van der Waals surface area contributed by atoms with Gasteiger partial charge in [0, 0.05) is 44.0 Å². The summed E-state index contributed by atoms with van der Waals surface area (Å²) < 4.78 is 8.76. The number of nitrogens with zero attached hydrogens (tertiary/aromatic N) is 2. The summed E-state index contributed by atoms with van der Waals surface area (Å²) in [5.74, 6) is 0. The summed E-state index contributed by atoms with van der Waals surface area (Å²) in [6.45, 7) is 0. The van der Waals surface area contributed by atoms with Crippen molar-refractivity contribution in [1.29, 1.82) is 0 Å². The molecule has 0 N–H and O–H groups in total. The van der Waals surface area contributed by atoms with Crippen molar-refractivity contribution in [3.8, 4) is 16.8 Å². The highest BCUT2D eigenvalue weighted by molar-refractivity contribution is 6.18. The second kappa shape index (κ2) is 11.7. The molecule has 0 aliphatic carbocycles. The van der Waals surface area contributed by atoms with Gasteiger partial charge in [-0.1, -0.05) is 127 Å². The molecule has 0 saturated carbocycles. The molecule has 2 aromatic heterocycles. The van der Waals surface area contributed by atoms with Crippen molar-refractivity contribution in [2.24, 2.45) is 0 Å². The summed E-state index contributed by atoms with van der Waals surface area (Å²) in [5.41, 5.74) is 11.0. The van der Waals surface area contributed by atoms with Gasteiger partial charge in [0.05, 0.1) is 16.7 Å². The van der Waals surface area contributed by atoms with Crippen LogP contribution in [0.4, 0.5) is 17.1 Å². The van der Waals surface area contributed by atoms with Gasteiger partial charge < -0.3 is 13.9 Å². The van der Waals surface area contributed by atoms with Crippen LogP contribution in [0.3, 0.4) is 0 Å². The molecule has 53 heavy (non-hydrogen) atoms. The molecule has 0 radical (unpaired) electrons. The lowest BCUT2D eigenvalue weighted by Gasteiger charge is -2.28. The van der Waals surface area contributed by atoms with Crippen molar-refractivity contribution in [3.05, 3.63) is 194 Å². The smallest absolute Gasteiger partial charge is 0.136 e. The molecule has 0 saturated heterocycles. The first-order valence-electron chi connectivity index (χ1n) is 18.1. The van der Waals surface area contributed by atoms with Crippen LogP contribution in [0.1, 0.15) is 0 Å². The van der Waals surface area contributed by atoms with Crippen LogP contribution in [0, 0.1) is 0 Å². The molecular formula is C50H32N2O. The number of hydrogen-bond acceptors (Lipinski definition) is 2. The Morgan fingerprint density at radius 3 is 1.81 bits per heavy atom. The Morgan fingerprint density at radius 2 is 1.02 bits per heavy atom. The molecule has 248 valence electrons. The summed E-state index contributed by atoms with van der Waals surface area (Å²) in [4.78, 5) is 2.40. The van der Waals surface area contributed by atoms with E-state index in [9.17, 15) is 0 Å². The van der Waals surface area contributed by atoms with Crippen molar-refractivity contribution in [2.75, 3.05) is 4.90 Å². The van der Waals surface area contributed by atoms with Crippen molar-refractivity contribution in [3.63, 3.8) is 0 Å². The molecule has 9 aromatic carbocycles. The molecule has 11 aromatic rings. The van der Waals surface area contributed by atoms with Crippen molar-refractivity contribution in [2.45, 2.75) is 0 Å². The van der Waals surface area contributed by atoms with Gasteiger partial charge in [-0.05, 0) is 94.0 Å². The second-order valence-corrected chi connectivity index (χ2v) is 13.7. The first kappa shape index (κ1) is 29.6. The number of anilines is 3. The van der Waals surface area contributed by atoms with Crippen LogP contribution < -0.4 is 4.90 Å². The summed E-state index contributed by atoms with van der Waals surface area (Å²) in [6.07, 6.45) is 0. The van der Waals surface area contributed by atoms with E-state index in [1.807, 2.05) is 12.1 Å². The standard InChI is InChI=1S/C50H32N2O/c1-2-12-33(13-3-1)34-24-27-36(28-25-34)51(37-14-10-15-38(31-37)52-47-20-7-4-16-40(47)41-17-5-8-21-48(41)52)46-22-11-19-39-42(46)29-26-35-30-45-43-18-6-9-23-49(43)53-50(45)32-44(35)39/h1-32H. The maximum Gasteiger partial charge on any atom is 0.136 e. The molecule has 3 heteroatoms. The average molecular weight is 677 g/mol. The Bertz CT molecular complexity index is 3120. The summed E-state index contributed by atoms with van der Waals surface area (Å²) in [5, 5.41) is 9.52. The van der Waals surface area contributed by atoms with Gasteiger partial charge in [0.25, 0.3) is 0 Å². The Kier molecular flexibility index (Phi) is 6.55. The number of fused-ring (bicyclic) bond motifs is 9. The Labute approximate surface area is 306 Å². The molecule has 0 fully saturated rings. The van der Waals surface area contributed by atoms with Gasteiger partial charge in [-0.2, -0.15) is 0 Å². The van der Waals surface area contributed by atoms with E-state index in [1.54, 1.807) is 0 Å². The summed E-state index contributed by atoms with van der Waals surface area (Å²) in [6, 6.07) is 69.8. The molecule has 0 atom stereocenters. The van der Waals surface area contributed by atoms with Crippen LogP contribution in [0.2, 0.25) is 0 Å². The second-order valence-electron chi connectivity index (χ2n) is 13.7. The number of hydrogen-bond donors (Lipinski definition) is 0. The van der Waals surface area contributed by atoms with E-state index < -0.39 is 0 Å². The molecular weight excluding hydrogens is 645 g/mol.